The highest BCUT2D eigenvalue weighted by Crippen LogP contribution is 2.33. The molecular weight excluding hydrogens is 254 g/mol. The molecule has 1 unspecified atom stereocenters. The first kappa shape index (κ1) is 14.9. The van der Waals surface area contributed by atoms with Crippen molar-refractivity contribution in [3.05, 3.63) is 23.8 Å². The van der Waals surface area contributed by atoms with Crippen molar-refractivity contribution in [2.45, 2.75) is 32.8 Å². The lowest BCUT2D eigenvalue weighted by atomic mass is 9.91. The third kappa shape index (κ3) is 2.96. The van der Waals surface area contributed by atoms with Crippen LogP contribution in [0.1, 0.15) is 37.0 Å². The Labute approximate surface area is 120 Å². The summed E-state index contributed by atoms with van der Waals surface area (Å²) in [5.41, 5.74) is 1.60. The van der Waals surface area contributed by atoms with Crippen LogP contribution in [0.4, 0.5) is 5.69 Å². The Bertz CT molecular complexity index is 477. The number of aliphatic hydroxyl groups is 1. The molecule has 0 radical (unpaired) electrons. The quantitative estimate of drug-likeness (QED) is 0.859. The summed E-state index contributed by atoms with van der Waals surface area (Å²) in [5, 5.41) is 9.67. The van der Waals surface area contributed by atoms with E-state index in [0.717, 1.165) is 31.6 Å². The predicted octanol–water partition coefficient (Wildman–Crippen LogP) is 2.50. The number of hydrogen-bond acceptors (Lipinski definition) is 4. The third-order valence-electron chi connectivity index (χ3n) is 4.14. The van der Waals surface area contributed by atoms with Crippen LogP contribution in [0.25, 0.3) is 0 Å². The molecule has 1 aromatic carbocycles. The summed E-state index contributed by atoms with van der Waals surface area (Å²) >= 11 is 0. The van der Waals surface area contributed by atoms with Gasteiger partial charge in [0.25, 0.3) is 0 Å². The Morgan fingerprint density at radius 3 is 2.55 bits per heavy atom. The maximum absolute atomic E-state index is 11.9. The zero-order valence-electron chi connectivity index (χ0n) is 12.4. The number of benzene rings is 1. The molecule has 1 aliphatic rings. The number of ether oxygens (including phenoxy) is 1. The highest BCUT2D eigenvalue weighted by atomic mass is 16.5. The number of hydrogen-bond donors (Lipinski definition) is 1. The first-order valence-electron chi connectivity index (χ1n) is 7.15. The number of carbonyl (C=O) groups excluding carboxylic acids is 1. The highest BCUT2D eigenvalue weighted by molar-refractivity contribution is 6.02. The van der Waals surface area contributed by atoms with Gasteiger partial charge in [-0.2, -0.15) is 0 Å². The standard InChI is InChI=1S/C16H23NO3/c1-11(18)13-7-9-17(10-8-13)14-5-4-6-15(20-3)16(14)12(2)19/h4-6,11,13,18H,7-10H2,1-3H3. The zero-order chi connectivity index (χ0) is 14.7. The van der Waals surface area contributed by atoms with Gasteiger partial charge in [0.15, 0.2) is 5.78 Å². The van der Waals surface area contributed by atoms with Gasteiger partial charge >= 0.3 is 0 Å². The summed E-state index contributed by atoms with van der Waals surface area (Å²) in [5.74, 6) is 1.01. The van der Waals surface area contributed by atoms with E-state index in [1.807, 2.05) is 25.1 Å². The van der Waals surface area contributed by atoms with Crippen molar-refractivity contribution in [2.75, 3.05) is 25.1 Å². The van der Waals surface area contributed by atoms with E-state index in [2.05, 4.69) is 4.90 Å². The lowest BCUT2D eigenvalue weighted by Crippen LogP contribution is -2.37. The van der Waals surface area contributed by atoms with Crippen molar-refractivity contribution in [3.63, 3.8) is 0 Å². The lowest BCUT2D eigenvalue weighted by Gasteiger charge is -2.35. The van der Waals surface area contributed by atoms with Crippen LogP contribution in [-0.4, -0.2) is 37.2 Å². The van der Waals surface area contributed by atoms with E-state index in [1.165, 1.54) is 0 Å². The molecule has 1 aromatic rings. The van der Waals surface area contributed by atoms with E-state index in [4.69, 9.17) is 4.74 Å². The number of methoxy groups -OCH3 is 1. The molecule has 0 saturated carbocycles. The van der Waals surface area contributed by atoms with Gasteiger partial charge in [0.05, 0.1) is 24.5 Å². The van der Waals surface area contributed by atoms with Crippen molar-refractivity contribution in [2.24, 2.45) is 5.92 Å². The predicted molar refractivity (Wildman–Crippen MR) is 79.6 cm³/mol. The highest BCUT2D eigenvalue weighted by Gasteiger charge is 2.25. The summed E-state index contributed by atoms with van der Waals surface area (Å²) in [7, 11) is 1.59. The second-order valence-electron chi connectivity index (χ2n) is 5.48. The molecule has 4 heteroatoms. The molecule has 0 amide bonds. The van der Waals surface area contributed by atoms with Gasteiger partial charge in [-0.15, -0.1) is 0 Å². The molecule has 0 aromatic heterocycles. The van der Waals surface area contributed by atoms with E-state index in [0.29, 0.717) is 17.2 Å². The van der Waals surface area contributed by atoms with E-state index in [9.17, 15) is 9.90 Å². The number of aliphatic hydroxyl groups excluding tert-OH is 1. The van der Waals surface area contributed by atoms with Crippen LogP contribution in [0, 0.1) is 5.92 Å². The maximum Gasteiger partial charge on any atom is 0.165 e. The van der Waals surface area contributed by atoms with Crippen LogP contribution >= 0.6 is 0 Å². The number of anilines is 1. The molecule has 1 fully saturated rings. The second kappa shape index (κ2) is 6.27. The van der Waals surface area contributed by atoms with Gasteiger partial charge in [0.2, 0.25) is 0 Å². The topological polar surface area (TPSA) is 49.8 Å². The van der Waals surface area contributed by atoms with Crippen molar-refractivity contribution in [1.82, 2.24) is 0 Å². The summed E-state index contributed by atoms with van der Waals surface area (Å²) < 4.78 is 5.31. The Morgan fingerprint density at radius 1 is 1.40 bits per heavy atom. The molecule has 1 heterocycles. The van der Waals surface area contributed by atoms with Crippen LogP contribution in [0.5, 0.6) is 5.75 Å². The van der Waals surface area contributed by atoms with Crippen molar-refractivity contribution < 1.29 is 14.6 Å². The number of ketones is 1. The van der Waals surface area contributed by atoms with Crippen molar-refractivity contribution in [3.8, 4) is 5.75 Å². The second-order valence-corrected chi connectivity index (χ2v) is 5.48. The lowest BCUT2D eigenvalue weighted by molar-refractivity contribution is 0.101. The van der Waals surface area contributed by atoms with Gasteiger partial charge in [0.1, 0.15) is 5.75 Å². The number of carbonyl (C=O) groups is 1. The number of nitrogens with zero attached hydrogens (tertiary/aromatic N) is 1. The molecule has 20 heavy (non-hydrogen) atoms. The van der Waals surface area contributed by atoms with E-state index >= 15 is 0 Å². The minimum atomic E-state index is -0.255. The van der Waals surface area contributed by atoms with Gasteiger partial charge < -0.3 is 14.7 Å². The molecule has 4 nitrogen and oxygen atoms in total. The Balaban J connectivity index is 2.24. The number of rotatable bonds is 4. The van der Waals surface area contributed by atoms with Crippen LogP contribution < -0.4 is 9.64 Å². The fourth-order valence-corrected chi connectivity index (χ4v) is 2.93. The van der Waals surface area contributed by atoms with E-state index in [-0.39, 0.29) is 11.9 Å². The zero-order valence-corrected chi connectivity index (χ0v) is 12.4. The smallest absolute Gasteiger partial charge is 0.165 e. The Kier molecular flexibility index (Phi) is 4.65. The molecule has 0 aliphatic carbocycles. The molecule has 2 rings (SSSR count). The fourth-order valence-electron chi connectivity index (χ4n) is 2.93. The first-order valence-corrected chi connectivity index (χ1v) is 7.15. The molecular formula is C16H23NO3. The van der Waals surface area contributed by atoms with Crippen LogP contribution in [-0.2, 0) is 0 Å². The Morgan fingerprint density at radius 2 is 2.05 bits per heavy atom. The summed E-state index contributed by atoms with van der Waals surface area (Å²) in [4.78, 5) is 14.1. The van der Waals surface area contributed by atoms with E-state index in [1.54, 1.807) is 14.0 Å². The number of piperidine rings is 1. The first-order chi connectivity index (χ1) is 9.54. The third-order valence-corrected chi connectivity index (χ3v) is 4.14. The minimum Gasteiger partial charge on any atom is -0.496 e. The van der Waals surface area contributed by atoms with Crippen LogP contribution in [0.15, 0.2) is 18.2 Å². The summed E-state index contributed by atoms with van der Waals surface area (Å²) in [6.45, 7) is 5.16. The molecule has 1 atom stereocenters. The molecule has 0 spiro atoms. The van der Waals surface area contributed by atoms with Crippen molar-refractivity contribution in [1.29, 1.82) is 0 Å². The van der Waals surface area contributed by atoms with Gasteiger partial charge in [0, 0.05) is 13.1 Å². The van der Waals surface area contributed by atoms with Gasteiger partial charge in [-0.1, -0.05) is 6.07 Å². The van der Waals surface area contributed by atoms with E-state index < -0.39 is 0 Å². The molecule has 110 valence electrons. The van der Waals surface area contributed by atoms with Crippen molar-refractivity contribution >= 4 is 11.5 Å². The average molecular weight is 277 g/mol. The molecule has 1 aliphatic heterocycles. The largest absolute Gasteiger partial charge is 0.496 e. The van der Waals surface area contributed by atoms with Crippen LogP contribution in [0.3, 0.4) is 0 Å². The SMILES string of the molecule is COc1cccc(N2CCC(C(C)O)CC2)c1C(C)=O. The van der Waals surface area contributed by atoms with Gasteiger partial charge in [-0.25, -0.2) is 0 Å². The van der Waals surface area contributed by atoms with Crippen LogP contribution in [0.2, 0.25) is 0 Å². The van der Waals surface area contributed by atoms with Gasteiger partial charge in [-0.3, -0.25) is 4.79 Å². The summed E-state index contributed by atoms with van der Waals surface area (Å²) in [6, 6.07) is 5.71. The molecule has 1 N–H and O–H groups in total. The fraction of sp³-hybridized carbons (Fsp3) is 0.562. The maximum atomic E-state index is 11.9. The summed E-state index contributed by atoms with van der Waals surface area (Å²) in [6.07, 6.45) is 1.65. The molecule has 0 bridgehead atoms. The number of Topliss-reactive ketones (excluding diaryl/α,β-unsaturated/α-hetero) is 1. The minimum absolute atomic E-state index is 0.0232. The average Bonchev–Trinajstić information content (AvgIpc) is 2.46. The molecule has 1 saturated heterocycles. The van der Waals surface area contributed by atoms with Gasteiger partial charge in [-0.05, 0) is 44.7 Å². The normalized spacial score (nSPS) is 17.9. The Hall–Kier alpha value is -1.55. The monoisotopic (exact) mass is 277 g/mol.